The van der Waals surface area contributed by atoms with Crippen molar-refractivity contribution in [3.63, 3.8) is 0 Å². The maximum absolute atomic E-state index is 13.7. The third kappa shape index (κ3) is 7.88. The molecular formula is C20H24Cl2NO4PS. The molecule has 0 heterocycles. The van der Waals surface area contributed by atoms with Crippen molar-refractivity contribution < 1.29 is 18.6 Å². The number of benzene rings is 2. The molecule has 0 saturated heterocycles. The summed E-state index contributed by atoms with van der Waals surface area (Å²) in [4.78, 5) is 13.0. The first-order chi connectivity index (χ1) is 13.7. The lowest BCUT2D eigenvalue weighted by molar-refractivity contribution is -0.151. The number of hydrogen-bond donors (Lipinski definition) is 1. The van der Waals surface area contributed by atoms with Gasteiger partial charge < -0.3 is 9.26 Å². The molecule has 158 valence electrons. The Bertz CT molecular complexity index is 845. The number of para-hydroxylation sites is 1. The lowest BCUT2D eigenvalue weighted by atomic mass is 10.2. The highest BCUT2D eigenvalue weighted by atomic mass is 35.5. The van der Waals surface area contributed by atoms with E-state index in [0.29, 0.717) is 33.5 Å². The van der Waals surface area contributed by atoms with Gasteiger partial charge in [-0.25, -0.2) is 9.65 Å². The molecule has 2 aromatic rings. The predicted molar refractivity (Wildman–Crippen MR) is 120 cm³/mol. The molecule has 0 amide bonds. The summed E-state index contributed by atoms with van der Waals surface area (Å²) in [5.74, 6) is -0.0789. The highest BCUT2D eigenvalue weighted by Crippen LogP contribution is 2.59. The molecule has 2 aromatic carbocycles. The number of rotatable bonds is 10. The van der Waals surface area contributed by atoms with E-state index in [4.69, 9.17) is 32.5 Å². The van der Waals surface area contributed by atoms with Crippen molar-refractivity contribution in [1.29, 1.82) is 0 Å². The number of carbonyl (C=O) groups is 1. The average molecular weight is 476 g/mol. The summed E-state index contributed by atoms with van der Waals surface area (Å²) in [6.07, 6.45) is 1.24. The van der Waals surface area contributed by atoms with Gasteiger partial charge >= 0.3 is 12.7 Å². The third-order valence-electron chi connectivity index (χ3n) is 3.93. The Morgan fingerprint density at radius 1 is 1.10 bits per heavy atom. The smallest absolute Gasteiger partial charge is 0.379 e. The molecule has 0 bridgehead atoms. The minimum Gasteiger partial charge on any atom is -0.461 e. The second kappa shape index (κ2) is 11.3. The average Bonchev–Trinajstić information content (AvgIpc) is 2.65. The molecule has 29 heavy (non-hydrogen) atoms. The lowest BCUT2D eigenvalue weighted by Crippen LogP contribution is -2.35. The highest BCUT2D eigenvalue weighted by Gasteiger charge is 2.33. The van der Waals surface area contributed by atoms with Crippen molar-refractivity contribution >= 4 is 47.3 Å². The first-order valence-corrected chi connectivity index (χ1v) is 13.0. The van der Waals surface area contributed by atoms with Gasteiger partial charge in [-0.2, -0.15) is 0 Å². The van der Waals surface area contributed by atoms with Gasteiger partial charge in [-0.3, -0.25) is 4.79 Å². The molecule has 0 radical (unpaired) electrons. The number of carbonyl (C=O) groups excluding carboxylic acids is 1. The summed E-state index contributed by atoms with van der Waals surface area (Å²) in [5.41, 5.74) is 0. The van der Waals surface area contributed by atoms with Crippen LogP contribution in [-0.4, -0.2) is 18.1 Å². The maximum atomic E-state index is 13.7. The van der Waals surface area contributed by atoms with E-state index in [9.17, 15) is 9.36 Å². The number of ether oxygens (including phenoxy) is 1. The molecule has 0 fully saturated rings. The molecular weight excluding hydrogens is 452 g/mol. The Hall–Kier alpha value is -1.17. The predicted octanol–water partition coefficient (Wildman–Crippen LogP) is 6.98. The Balaban J connectivity index is 2.24. The van der Waals surface area contributed by atoms with Crippen LogP contribution in [-0.2, 0) is 14.1 Å². The van der Waals surface area contributed by atoms with Crippen LogP contribution in [0.25, 0.3) is 0 Å². The van der Waals surface area contributed by atoms with E-state index in [-0.39, 0.29) is 6.10 Å². The summed E-state index contributed by atoms with van der Waals surface area (Å²) >= 11 is 13.1. The molecule has 0 aromatic heterocycles. The van der Waals surface area contributed by atoms with Crippen LogP contribution in [0.3, 0.4) is 0 Å². The summed E-state index contributed by atoms with van der Waals surface area (Å²) in [7, 11) is 0. The fourth-order valence-corrected chi connectivity index (χ4v) is 6.99. The Morgan fingerprint density at radius 3 is 2.24 bits per heavy atom. The van der Waals surface area contributed by atoms with Crippen LogP contribution in [0.2, 0.25) is 10.0 Å². The molecule has 9 heteroatoms. The molecule has 0 unspecified atom stereocenters. The first-order valence-electron chi connectivity index (χ1n) is 9.23. The van der Waals surface area contributed by atoms with Crippen molar-refractivity contribution in [3.05, 3.63) is 58.6 Å². The summed E-state index contributed by atoms with van der Waals surface area (Å²) < 4.78 is 24.9. The van der Waals surface area contributed by atoms with E-state index in [1.54, 1.807) is 49.4 Å². The Morgan fingerprint density at radius 2 is 1.69 bits per heavy atom. The molecule has 0 aliphatic heterocycles. The van der Waals surface area contributed by atoms with Crippen LogP contribution >= 0.6 is 41.3 Å². The number of esters is 1. The van der Waals surface area contributed by atoms with E-state index in [0.717, 1.165) is 11.4 Å². The van der Waals surface area contributed by atoms with Crippen LogP contribution < -0.4 is 9.61 Å². The minimum atomic E-state index is -3.62. The van der Waals surface area contributed by atoms with Gasteiger partial charge in [-0.05, 0) is 61.5 Å². The van der Waals surface area contributed by atoms with Crippen LogP contribution in [0, 0.1) is 0 Å². The topological polar surface area (TPSA) is 64.6 Å². The van der Waals surface area contributed by atoms with Crippen LogP contribution in [0.1, 0.15) is 33.6 Å². The van der Waals surface area contributed by atoms with Gasteiger partial charge in [0.05, 0.1) is 0 Å². The van der Waals surface area contributed by atoms with Crippen LogP contribution in [0.4, 0.5) is 0 Å². The van der Waals surface area contributed by atoms with Crippen molar-refractivity contribution in [1.82, 2.24) is 5.09 Å². The van der Waals surface area contributed by atoms with Gasteiger partial charge in [0, 0.05) is 14.9 Å². The van der Waals surface area contributed by atoms with Gasteiger partial charge in [0.2, 0.25) is 0 Å². The molecule has 1 N–H and O–H groups in total. The second-order valence-corrected chi connectivity index (χ2v) is 11.3. The molecule has 0 spiro atoms. The monoisotopic (exact) mass is 475 g/mol. The van der Waals surface area contributed by atoms with Gasteiger partial charge in [0.1, 0.15) is 17.9 Å². The zero-order valence-corrected chi connectivity index (χ0v) is 19.7. The van der Waals surface area contributed by atoms with Gasteiger partial charge in [-0.1, -0.05) is 55.2 Å². The number of hydrogen-bond acceptors (Lipinski definition) is 5. The van der Waals surface area contributed by atoms with E-state index in [1.807, 2.05) is 19.9 Å². The fourth-order valence-electron chi connectivity index (χ4n) is 2.42. The van der Waals surface area contributed by atoms with Gasteiger partial charge in [0.25, 0.3) is 0 Å². The molecule has 5 nitrogen and oxygen atoms in total. The minimum absolute atomic E-state index is 0.180. The summed E-state index contributed by atoms with van der Waals surface area (Å²) in [6.45, 7) is 1.86. The van der Waals surface area contributed by atoms with Crippen molar-refractivity contribution in [2.75, 3.05) is 0 Å². The molecule has 2 atom stereocenters. The van der Waals surface area contributed by atoms with Crippen molar-refractivity contribution in [2.24, 2.45) is 0 Å². The van der Waals surface area contributed by atoms with Crippen LogP contribution in [0.15, 0.2) is 53.4 Å². The van der Waals surface area contributed by atoms with E-state index in [1.165, 1.54) is 0 Å². The van der Waals surface area contributed by atoms with E-state index in [2.05, 4.69) is 5.09 Å². The number of halogens is 2. The quantitative estimate of drug-likeness (QED) is 0.295. The van der Waals surface area contributed by atoms with E-state index >= 15 is 0 Å². The normalized spacial score (nSPS) is 14.3. The maximum Gasteiger partial charge on any atom is 0.379 e. The summed E-state index contributed by atoms with van der Waals surface area (Å²) in [5, 5.41) is 3.64. The molecule has 0 aliphatic rings. The largest absolute Gasteiger partial charge is 0.461 e. The fraction of sp³-hybridized carbons (Fsp3) is 0.350. The molecule has 0 aliphatic carbocycles. The van der Waals surface area contributed by atoms with E-state index < -0.39 is 18.7 Å². The SMILES string of the molecule is CCC(CC)OC(=O)[C@H](C)N[P@@](=O)(Oc1ccccc1)Sc1cc(Cl)cc(Cl)c1. The standard InChI is InChI=1S/C20H24Cl2NO4PS/c1-4-17(5-2)26-20(24)14(3)23-28(25,27-18-9-7-6-8-10-18)29-19-12-15(21)11-16(22)13-19/h6-14,17H,4-5H2,1-3H3,(H,23,25)/t14-,28+/m0/s1. The van der Waals surface area contributed by atoms with Crippen molar-refractivity contribution in [3.8, 4) is 5.75 Å². The zero-order chi connectivity index (χ0) is 21.4. The van der Waals surface area contributed by atoms with Crippen LogP contribution in [0.5, 0.6) is 5.75 Å². The highest BCUT2D eigenvalue weighted by molar-refractivity contribution is 8.56. The third-order valence-corrected chi connectivity index (χ3v) is 8.10. The lowest BCUT2D eigenvalue weighted by Gasteiger charge is -2.24. The summed E-state index contributed by atoms with van der Waals surface area (Å²) in [6, 6.07) is 12.7. The van der Waals surface area contributed by atoms with Gasteiger partial charge in [-0.15, -0.1) is 0 Å². The molecule has 0 saturated carbocycles. The van der Waals surface area contributed by atoms with Crippen molar-refractivity contribution in [2.45, 2.75) is 50.7 Å². The molecule has 2 rings (SSSR count). The second-order valence-electron chi connectivity index (χ2n) is 6.32. The number of nitrogens with one attached hydrogen (secondary N) is 1. The Kier molecular flexibility index (Phi) is 9.38. The zero-order valence-electron chi connectivity index (χ0n) is 16.4. The Labute approximate surface area is 185 Å². The first kappa shape index (κ1) is 24.1. The van der Waals surface area contributed by atoms with Gasteiger partial charge in [0.15, 0.2) is 0 Å².